The summed E-state index contributed by atoms with van der Waals surface area (Å²) in [5.41, 5.74) is 2.23. The first-order valence-electron chi connectivity index (χ1n) is 7.64. The molecule has 2 aromatic rings. The monoisotopic (exact) mass is 319 g/mol. The minimum atomic E-state index is 0.273. The van der Waals surface area contributed by atoms with Gasteiger partial charge in [0.05, 0.1) is 18.2 Å². The molecule has 1 atom stereocenters. The molecule has 2 heterocycles. The van der Waals surface area contributed by atoms with Crippen LogP contribution in [0.1, 0.15) is 5.56 Å². The number of fused-ring (bicyclic) bond motifs is 1. The fraction of sp³-hybridized carbons (Fsp3) is 0.471. The number of aromatic nitrogens is 1. The average Bonchev–Trinajstić information content (AvgIpc) is 2.50. The molecule has 1 saturated heterocycles. The van der Waals surface area contributed by atoms with E-state index in [1.54, 1.807) is 0 Å². The van der Waals surface area contributed by atoms with E-state index >= 15 is 0 Å². The van der Waals surface area contributed by atoms with E-state index in [1.165, 1.54) is 5.56 Å². The predicted molar refractivity (Wildman–Crippen MR) is 90.3 cm³/mol. The number of rotatable bonds is 4. The maximum Gasteiger partial charge on any atom is 0.0829 e. The maximum atomic E-state index is 6.27. The van der Waals surface area contributed by atoms with Gasteiger partial charge in [-0.05, 0) is 37.9 Å². The zero-order valence-electron chi connectivity index (χ0n) is 13.1. The first-order chi connectivity index (χ1) is 10.6. The highest BCUT2D eigenvalue weighted by atomic mass is 35.5. The highest BCUT2D eigenvalue weighted by Gasteiger charge is 2.21. The molecule has 1 aromatic carbocycles. The lowest BCUT2D eigenvalue weighted by molar-refractivity contribution is -0.0405. The number of morpholine rings is 1. The van der Waals surface area contributed by atoms with Crippen LogP contribution in [0.4, 0.5) is 0 Å². The first kappa shape index (κ1) is 15.7. The molecule has 0 radical (unpaired) electrons. The number of likely N-dealkylation sites (N-methyl/N-ethyl adjacent to an activating group) is 1. The fourth-order valence-corrected chi connectivity index (χ4v) is 3.22. The molecule has 0 amide bonds. The number of nitrogens with zero attached hydrogens (tertiary/aromatic N) is 3. The number of pyridine rings is 1. The van der Waals surface area contributed by atoms with Gasteiger partial charge in [0.25, 0.3) is 0 Å². The molecule has 0 unspecified atom stereocenters. The van der Waals surface area contributed by atoms with Crippen LogP contribution in [0.15, 0.2) is 30.5 Å². The molecule has 0 aliphatic carbocycles. The topological polar surface area (TPSA) is 28.6 Å². The van der Waals surface area contributed by atoms with Gasteiger partial charge in [0, 0.05) is 42.8 Å². The molecule has 3 rings (SSSR count). The van der Waals surface area contributed by atoms with E-state index in [1.807, 2.05) is 24.4 Å². The average molecular weight is 320 g/mol. The zero-order valence-corrected chi connectivity index (χ0v) is 13.9. The van der Waals surface area contributed by atoms with Crippen molar-refractivity contribution in [2.45, 2.75) is 12.6 Å². The normalized spacial score (nSPS) is 19.9. The number of halogens is 1. The Morgan fingerprint density at radius 1 is 1.36 bits per heavy atom. The lowest BCUT2D eigenvalue weighted by Crippen LogP contribution is -2.45. The highest BCUT2D eigenvalue weighted by Crippen LogP contribution is 2.26. The van der Waals surface area contributed by atoms with Crippen molar-refractivity contribution < 1.29 is 4.74 Å². The summed E-state index contributed by atoms with van der Waals surface area (Å²) in [6, 6.07) is 8.02. The molecule has 22 heavy (non-hydrogen) atoms. The van der Waals surface area contributed by atoms with Crippen LogP contribution in [0.3, 0.4) is 0 Å². The third kappa shape index (κ3) is 3.58. The third-order valence-corrected chi connectivity index (χ3v) is 4.32. The molecule has 1 aliphatic heterocycles. The van der Waals surface area contributed by atoms with Crippen LogP contribution >= 0.6 is 11.6 Å². The Morgan fingerprint density at radius 3 is 3.05 bits per heavy atom. The van der Waals surface area contributed by atoms with E-state index in [9.17, 15) is 0 Å². The van der Waals surface area contributed by atoms with E-state index in [0.29, 0.717) is 0 Å². The van der Waals surface area contributed by atoms with Crippen molar-refractivity contribution in [1.29, 1.82) is 0 Å². The largest absolute Gasteiger partial charge is 0.374 e. The summed E-state index contributed by atoms with van der Waals surface area (Å²) in [5, 5.41) is 1.79. The predicted octanol–water partition coefficient (Wildman–Crippen LogP) is 2.65. The SMILES string of the molecule is CN(C)C[C@H]1CN(Cc2ccc(Cl)c3cccnc23)CCO1. The van der Waals surface area contributed by atoms with Crippen molar-refractivity contribution >= 4 is 22.5 Å². The molecule has 0 bridgehead atoms. The highest BCUT2D eigenvalue weighted by molar-refractivity contribution is 6.35. The Bertz CT molecular complexity index is 647. The molecule has 5 heteroatoms. The molecule has 0 N–H and O–H groups in total. The lowest BCUT2D eigenvalue weighted by Gasteiger charge is -2.34. The van der Waals surface area contributed by atoms with E-state index in [4.69, 9.17) is 16.3 Å². The quantitative estimate of drug-likeness (QED) is 0.866. The minimum absolute atomic E-state index is 0.273. The van der Waals surface area contributed by atoms with Gasteiger partial charge in [-0.3, -0.25) is 9.88 Å². The second-order valence-corrected chi connectivity index (χ2v) is 6.50. The Labute approximate surface area is 136 Å². The Balaban J connectivity index is 1.77. The second-order valence-electron chi connectivity index (χ2n) is 6.10. The van der Waals surface area contributed by atoms with E-state index in [0.717, 1.165) is 48.7 Å². The van der Waals surface area contributed by atoms with Gasteiger partial charge in [-0.2, -0.15) is 0 Å². The van der Waals surface area contributed by atoms with Crippen molar-refractivity contribution in [2.24, 2.45) is 0 Å². The van der Waals surface area contributed by atoms with E-state index in [2.05, 4.69) is 34.9 Å². The van der Waals surface area contributed by atoms with Crippen LogP contribution in [-0.2, 0) is 11.3 Å². The Morgan fingerprint density at radius 2 is 2.23 bits per heavy atom. The van der Waals surface area contributed by atoms with Gasteiger partial charge in [0.15, 0.2) is 0 Å². The van der Waals surface area contributed by atoms with Crippen LogP contribution < -0.4 is 0 Å². The molecule has 4 nitrogen and oxygen atoms in total. The summed E-state index contributed by atoms with van der Waals surface area (Å²) in [7, 11) is 4.16. The molecule has 118 valence electrons. The molecule has 1 fully saturated rings. The van der Waals surface area contributed by atoms with E-state index < -0.39 is 0 Å². The summed E-state index contributed by atoms with van der Waals surface area (Å²) in [4.78, 5) is 9.14. The summed E-state index contributed by atoms with van der Waals surface area (Å²) >= 11 is 6.27. The number of hydrogen-bond donors (Lipinski definition) is 0. The summed E-state index contributed by atoms with van der Waals surface area (Å²) < 4.78 is 5.84. The van der Waals surface area contributed by atoms with Gasteiger partial charge in [-0.1, -0.05) is 17.7 Å². The molecule has 1 aliphatic rings. The van der Waals surface area contributed by atoms with Crippen LogP contribution in [0.25, 0.3) is 10.9 Å². The van der Waals surface area contributed by atoms with Crippen LogP contribution in [0, 0.1) is 0 Å². The molecule has 0 saturated carbocycles. The van der Waals surface area contributed by atoms with Crippen molar-refractivity contribution in [2.75, 3.05) is 40.3 Å². The number of hydrogen-bond acceptors (Lipinski definition) is 4. The van der Waals surface area contributed by atoms with Crippen molar-refractivity contribution in [3.63, 3.8) is 0 Å². The zero-order chi connectivity index (χ0) is 15.5. The number of ether oxygens (including phenoxy) is 1. The van der Waals surface area contributed by atoms with Crippen molar-refractivity contribution in [3.8, 4) is 0 Å². The molecule has 0 spiro atoms. The second kappa shape index (κ2) is 6.92. The lowest BCUT2D eigenvalue weighted by atomic mass is 10.1. The molecule has 1 aromatic heterocycles. The van der Waals surface area contributed by atoms with Gasteiger partial charge in [-0.15, -0.1) is 0 Å². The minimum Gasteiger partial charge on any atom is -0.374 e. The fourth-order valence-electron chi connectivity index (χ4n) is 3.01. The Kier molecular flexibility index (Phi) is 4.93. The van der Waals surface area contributed by atoms with Crippen LogP contribution in [0.5, 0.6) is 0 Å². The molecular weight excluding hydrogens is 298 g/mol. The Hall–Kier alpha value is -1.20. The van der Waals surface area contributed by atoms with Gasteiger partial charge < -0.3 is 9.64 Å². The van der Waals surface area contributed by atoms with Gasteiger partial charge in [0.1, 0.15) is 0 Å². The van der Waals surface area contributed by atoms with Gasteiger partial charge in [0.2, 0.25) is 0 Å². The summed E-state index contributed by atoms with van der Waals surface area (Å²) in [5.74, 6) is 0. The smallest absolute Gasteiger partial charge is 0.0829 e. The standard InChI is InChI=1S/C17H22ClN3O/c1-20(2)11-14-12-21(8-9-22-14)10-13-5-6-16(18)15-4-3-7-19-17(13)15/h3-7,14H,8-12H2,1-2H3/t14-/m0/s1. The maximum absolute atomic E-state index is 6.27. The van der Waals surface area contributed by atoms with Crippen molar-refractivity contribution in [1.82, 2.24) is 14.8 Å². The van der Waals surface area contributed by atoms with Gasteiger partial charge >= 0.3 is 0 Å². The number of benzene rings is 1. The first-order valence-corrected chi connectivity index (χ1v) is 8.02. The van der Waals surface area contributed by atoms with Crippen molar-refractivity contribution in [3.05, 3.63) is 41.0 Å². The molecular formula is C17H22ClN3O. The summed E-state index contributed by atoms with van der Waals surface area (Å²) in [6.45, 7) is 4.54. The van der Waals surface area contributed by atoms with Crippen LogP contribution in [0.2, 0.25) is 5.02 Å². The van der Waals surface area contributed by atoms with Crippen LogP contribution in [-0.4, -0.2) is 61.2 Å². The summed E-state index contributed by atoms with van der Waals surface area (Å²) in [6.07, 6.45) is 2.10. The third-order valence-electron chi connectivity index (χ3n) is 3.99. The van der Waals surface area contributed by atoms with E-state index in [-0.39, 0.29) is 6.10 Å². The van der Waals surface area contributed by atoms with Gasteiger partial charge in [-0.25, -0.2) is 0 Å².